The van der Waals surface area contributed by atoms with Crippen molar-refractivity contribution in [1.29, 1.82) is 0 Å². The number of alkyl halides is 3. The van der Waals surface area contributed by atoms with E-state index >= 15 is 0 Å². The van der Waals surface area contributed by atoms with Crippen molar-refractivity contribution < 1.29 is 32.2 Å². The number of carbonyl (C=O) groups is 1. The molecule has 0 amide bonds. The van der Waals surface area contributed by atoms with Crippen molar-refractivity contribution >= 4 is 5.97 Å². The Kier molecular flexibility index (Phi) is 5.30. The first kappa shape index (κ1) is 18.4. The Bertz CT molecular complexity index is 586. The lowest BCUT2D eigenvalue weighted by atomic mass is 10.1. The van der Waals surface area contributed by atoms with Crippen LogP contribution in [0.5, 0.6) is 11.5 Å². The molecule has 0 unspecified atom stereocenters. The number of rotatable bonds is 6. The summed E-state index contributed by atoms with van der Waals surface area (Å²) in [6.45, 7) is 5.52. The molecule has 0 radical (unpaired) electrons. The Morgan fingerprint density at radius 2 is 1.83 bits per heavy atom. The number of hydrogen-bond donors (Lipinski definition) is 0. The van der Waals surface area contributed by atoms with Crippen molar-refractivity contribution in [3.63, 3.8) is 0 Å². The van der Waals surface area contributed by atoms with Gasteiger partial charge in [0.2, 0.25) is 0 Å². The highest BCUT2D eigenvalue weighted by Gasteiger charge is 2.33. The monoisotopic (exact) mass is 346 g/mol. The predicted molar refractivity (Wildman–Crippen MR) is 80.9 cm³/mol. The molecule has 0 heterocycles. The Hall–Kier alpha value is -1.92. The van der Waals surface area contributed by atoms with Crippen molar-refractivity contribution in [3.8, 4) is 11.5 Å². The smallest absolute Gasteiger partial charge is 0.489 e. The fourth-order valence-corrected chi connectivity index (χ4v) is 2.02. The molecule has 4 nitrogen and oxygen atoms in total. The van der Waals surface area contributed by atoms with Gasteiger partial charge in [-0.1, -0.05) is 6.07 Å². The van der Waals surface area contributed by atoms with E-state index in [-0.39, 0.29) is 12.2 Å². The van der Waals surface area contributed by atoms with E-state index in [0.29, 0.717) is 18.1 Å². The standard InChI is InChI=1S/C17H21F3O4/c1-16(2,3)24-15(21)9-12-6-7-13(22-10-11-4-5-11)14(8-12)23-17(18,19)20/h6-8,11H,4-5,9-10H2,1-3H3. The number of ether oxygens (including phenoxy) is 3. The third kappa shape index (κ3) is 6.68. The number of halogens is 3. The van der Waals surface area contributed by atoms with Gasteiger partial charge in [0.25, 0.3) is 0 Å². The minimum atomic E-state index is -4.83. The molecule has 0 aromatic heterocycles. The van der Waals surface area contributed by atoms with Crippen LogP contribution >= 0.6 is 0 Å². The number of benzene rings is 1. The Labute approximate surface area is 138 Å². The van der Waals surface area contributed by atoms with E-state index in [9.17, 15) is 18.0 Å². The normalized spacial score (nSPS) is 15.1. The van der Waals surface area contributed by atoms with Crippen LogP contribution in [-0.2, 0) is 16.0 Å². The molecular formula is C17H21F3O4. The fourth-order valence-electron chi connectivity index (χ4n) is 2.02. The summed E-state index contributed by atoms with van der Waals surface area (Å²) >= 11 is 0. The lowest BCUT2D eigenvalue weighted by Crippen LogP contribution is -2.25. The molecule has 0 N–H and O–H groups in total. The summed E-state index contributed by atoms with van der Waals surface area (Å²) in [7, 11) is 0. The van der Waals surface area contributed by atoms with Gasteiger partial charge in [-0.15, -0.1) is 13.2 Å². The molecule has 24 heavy (non-hydrogen) atoms. The van der Waals surface area contributed by atoms with Crippen molar-refractivity contribution in [2.75, 3.05) is 6.61 Å². The van der Waals surface area contributed by atoms with Crippen LogP contribution in [0.25, 0.3) is 0 Å². The van der Waals surface area contributed by atoms with Crippen LogP contribution in [0.15, 0.2) is 18.2 Å². The topological polar surface area (TPSA) is 44.8 Å². The minimum absolute atomic E-state index is 0.0205. The molecule has 0 aliphatic heterocycles. The van der Waals surface area contributed by atoms with Crippen molar-refractivity contribution in [3.05, 3.63) is 23.8 Å². The van der Waals surface area contributed by atoms with E-state index in [2.05, 4.69) is 4.74 Å². The predicted octanol–water partition coefficient (Wildman–Crippen LogP) is 4.26. The SMILES string of the molecule is CC(C)(C)OC(=O)Cc1ccc(OCC2CC2)c(OC(F)(F)F)c1. The fraction of sp³-hybridized carbons (Fsp3) is 0.588. The Morgan fingerprint density at radius 1 is 1.17 bits per heavy atom. The van der Waals surface area contributed by atoms with Crippen molar-refractivity contribution in [2.24, 2.45) is 5.92 Å². The van der Waals surface area contributed by atoms with E-state index in [1.165, 1.54) is 18.2 Å². The molecule has 2 rings (SSSR count). The van der Waals surface area contributed by atoms with Gasteiger partial charge in [-0.2, -0.15) is 0 Å². The van der Waals surface area contributed by atoms with Gasteiger partial charge in [0.1, 0.15) is 5.60 Å². The molecule has 0 bridgehead atoms. The average Bonchev–Trinajstić information content (AvgIpc) is 3.17. The highest BCUT2D eigenvalue weighted by Crippen LogP contribution is 2.36. The van der Waals surface area contributed by atoms with Crippen LogP contribution in [0, 0.1) is 5.92 Å². The maximum absolute atomic E-state index is 12.6. The maximum Gasteiger partial charge on any atom is 0.573 e. The third-order valence-corrected chi connectivity index (χ3v) is 3.17. The van der Waals surface area contributed by atoms with Crippen LogP contribution in [0.4, 0.5) is 13.2 Å². The van der Waals surface area contributed by atoms with Gasteiger partial charge in [-0.05, 0) is 57.2 Å². The molecule has 0 spiro atoms. The van der Waals surface area contributed by atoms with E-state index in [4.69, 9.17) is 9.47 Å². The van der Waals surface area contributed by atoms with Gasteiger partial charge in [-0.25, -0.2) is 0 Å². The summed E-state index contributed by atoms with van der Waals surface area (Å²) in [5, 5.41) is 0. The summed E-state index contributed by atoms with van der Waals surface area (Å²) in [5.41, 5.74) is -0.294. The zero-order valence-electron chi connectivity index (χ0n) is 13.9. The molecule has 1 saturated carbocycles. The molecule has 1 aromatic rings. The Balaban J connectivity index is 2.11. The first-order valence-electron chi connectivity index (χ1n) is 7.75. The molecule has 1 aliphatic carbocycles. The quantitative estimate of drug-likeness (QED) is 0.722. The van der Waals surface area contributed by atoms with Crippen LogP contribution in [0.3, 0.4) is 0 Å². The summed E-state index contributed by atoms with van der Waals surface area (Å²) in [6, 6.07) is 4.10. The van der Waals surface area contributed by atoms with Crippen LogP contribution < -0.4 is 9.47 Å². The lowest BCUT2D eigenvalue weighted by molar-refractivity contribution is -0.275. The van der Waals surface area contributed by atoms with Gasteiger partial charge in [-0.3, -0.25) is 4.79 Å². The largest absolute Gasteiger partial charge is 0.573 e. The van der Waals surface area contributed by atoms with E-state index in [0.717, 1.165) is 12.8 Å². The summed E-state index contributed by atoms with van der Waals surface area (Å²) in [4.78, 5) is 11.8. The molecule has 134 valence electrons. The van der Waals surface area contributed by atoms with E-state index in [1.807, 2.05) is 0 Å². The number of carbonyl (C=O) groups excluding carboxylic acids is 1. The lowest BCUT2D eigenvalue weighted by Gasteiger charge is -2.20. The minimum Gasteiger partial charge on any atom is -0.489 e. The second kappa shape index (κ2) is 6.91. The Morgan fingerprint density at radius 3 is 2.38 bits per heavy atom. The highest BCUT2D eigenvalue weighted by atomic mass is 19.4. The second-order valence-corrected chi connectivity index (χ2v) is 6.85. The zero-order chi connectivity index (χ0) is 18.0. The summed E-state index contributed by atoms with van der Waals surface area (Å²) in [5.74, 6) is -0.548. The van der Waals surface area contributed by atoms with Gasteiger partial charge in [0.15, 0.2) is 11.5 Å². The van der Waals surface area contributed by atoms with Crippen LogP contribution in [-0.4, -0.2) is 24.5 Å². The first-order valence-corrected chi connectivity index (χ1v) is 7.75. The molecule has 1 aliphatic rings. The summed E-state index contributed by atoms with van der Waals surface area (Å²) in [6.07, 6.45) is -2.94. The van der Waals surface area contributed by atoms with Crippen LogP contribution in [0.1, 0.15) is 39.2 Å². The first-order chi connectivity index (χ1) is 11.0. The molecule has 1 aromatic carbocycles. The molecule has 0 saturated heterocycles. The zero-order valence-corrected chi connectivity index (χ0v) is 13.9. The van der Waals surface area contributed by atoms with Crippen molar-refractivity contribution in [1.82, 2.24) is 0 Å². The van der Waals surface area contributed by atoms with Crippen molar-refractivity contribution in [2.45, 2.75) is 52.0 Å². The van der Waals surface area contributed by atoms with Gasteiger partial charge < -0.3 is 14.2 Å². The molecule has 1 fully saturated rings. The molecular weight excluding hydrogens is 325 g/mol. The van der Waals surface area contributed by atoms with Gasteiger partial charge in [0, 0.05) is 0 Å². The highest BCUT2D eigenvalue weighted by molar-refractivity contribution is 5.73. The van der Waals surface area contributed by atoms with E-state index in [1.54, 1.807) is 20.8 Å². The molecule has 7 heteroatoms. The number of hydrogen-bond acceptors (Lipinski definition) is 4. The van der Waals surface area contributed by atoms with E-state index < -0.39 is 23.7 Å². The van der Waals surface area contributed by atoms with Gasteiger partial charge in [0.05, 0.1) is 13.0 Å². The maximum atomic E-state index is 12.6. The summed E-state index contributed by atoms with van der Waals surface area (Å²) < 4.78 is 52.3. The average molecular weight is 346 g/mol. The third-order valence-electron chi connectivity index (χ3n) is 3.17. The van der Waals surface area contributed by atoms with Gasteiger partial charge >= 0.3 is 12.3 Å². The number of esters is 1. The molecule has 0 atom stereocenters. The second-order valence-electron chi connectivity index (χ2n) is 6.85. The van der Waals surface area contributed by atoms with Crippen LogP contribution in [0.2, 0.25) is 0 Å².